The number of hydrogen-bond acceptors (Lipinski definition) is 2. The molecule has 0 spiro atoms. The van der Waals surface area contributed by atoms with Crippen molar-refractivity contribution in [3.8, 4) is 11.1 Å². The average molecular weight is 300 g/mol. The Kier molecular flexibility index (Phi) is 7.40. The fraction of sp³-hybridized carbons (Fsp3) is 0.222. The van der Waals surface area contributed by atoms with E-state index in [0.717, 1.165) is 0 Å². The van der Waals surface area contributed by atoms with Gasteiger partial charge >= 0.3 is 11.9 Å². The van der Waals surface area contributed by atoms with E-state index >= 15 is 0 Å². The first kappa shape index (κ1) is 17.4. The maximum absolute atomic E-state index is 10.2. The van der Waals surface area contributed by atoms with Crippen LogP contribution in [0.1, 0.15) is 19.8 Å². The second-order valence-electron chi connectivity index (χ2n) is 4.77. The molecule has 4 nitrogen and oxygen atoms in total. The molecule has 0 aliphatic heterocycles. The lowest BCUT2D eigenvalue weighted by Crippen LogP contribution is -2.16. The quantitative estimate of drug-likeness (QED) is 0.877. The van der Waals surface area contributed by atoms with Crippen molar-refractivity contribution in [1.29, 1.82) is 0 Å². The molecule has 1 unspecified atom stereocenters. The van der Waals surface area contributed by atoms with Crippen molar-refractivity contribution < 1.29 is 19.8 Å². The Morgan fingerprint density at radius 3 is 1.50 bits per heavy atom. The topological polar surface area (TPSA) is 74.6 Å². The molecule has 1 atom stereocenters. The molecule has 0 radical (unpaired) electrons. The zero-order valence-electron chi connectivity index (χ0n) is 12.5. The summed E-state index contributed by atoms with van der Waals surface area (Å²) in [6.45, 7) is 1.65. The van der Waals surface area contributed by atoms with Crippen molar-refractivity contribution in [1.82, 2.24) is 0 Å². The van der Waals surface area contributed by atoms with Crippen LogP contribution in [0.4, 0.5) is 0 Å². The fourth-order valence-corrected chi connectivity index (χ4v) is 1.88. The fourth-order valence-electron chi connectivity index (χ4n) is 1.88. The van der Waals surface area contributed by atoms with Gasteiger partial charge in [0.1, 0.15) is 0 Å². The van der Waals surface area contributed by atoms with E-state index in [1.165, 1.54) is 11.1 Å². The van der Waals surface area contributed by atoms with E-state index in [1.54, 1.807) is 6.92 Å². The van der Waals surface area contributed by atoms with E-state index < -0.39 is 17.9 Å². The van der Waals surface area contributed by atoms with E-state index in [0.29, 0.717) is 6.42 Å². The van der Waals surface area contributed by atoms with Gasteiger partial charge in [0, 0.05) is 0 Å². The highest BCUT2D eigenvalue weighted by Gasteiger charge is 2.17. The van der Waals surface area contributed by atoms with E-state index in [4.69, 9.17) is 10.2 Å². The van der Waals surface area contributed by atoms with E-state index in [2.05, 4.69) is 48.5 Å². The Labute approximate surface area is 130 Å². The third-order valence-electron chi connectivity index (χ3n) is 3.14. The molecule has 0 fully saturated rings. The molecule has 22 heavy (non-hydrogen) atoms. The molecule has 0 amide bonds. The van der Waals surface area contributed by atoms with Gasteiger partial charge in [-0.3, -0.25) is 9.59 Å². The third-order valence-corrected chi connectivity index (χ3v) is 3.14. The van der Waals surface area contributed by atoms with Gasteiger partial charge in [0.05, 0.1) is 12.3 Å². The van der Waals surface area contributed by atoms with Crippen molar-refractivity contribution in [3.05, 3.63) is 60.7 Å². The predicted molar refractivity (Wildman–Crippen MR) is 85.5 cm³/mol. The minimum atomic E-state index is -1.06. The number of carbonyl (C=O) groups is 2. The van der Waals surface area contributed by atoms with Gasteiger partial charge in [0.25, 0.3) is 0 Å². The maximum Gasteiger partial charge on any atom is 0.307 e. The van der Waals surface area contributed by atoms with E-state index in [-0.39, 0.29) is 6.42 Å². The summed E-state index contributed by atoms with van der Waals surface area (Å²) >= 11 is 0. The number of aliphatic carboxylic acids is 2. The van der Waals surface area contributed by atoms with Gasteiger partial charge in [-0.15, -0.1) is 0 Å². The minimum Gasteiger partial charge on any atom is -0.481 e. The summed E-state index contributed by atoms with van der Waals surface area (Å²) in [7, 11) is 0. The van der Waals surface area contributed by atoms with Crippen LogP contribution >= 0.6 is 0 Å². The number of carboxylic acid groups (broad SMARTS) is 2. The van der Waals surface area contributed by atoms with Gasteiger partial charge in [-0.25, -0.2) is 0 Å². The molecule has 2 rings (SSSR count). The van der Waals surface area contributed by atoms with Crippen molar-refractivity contribution in [2.24, 2.45) is 5.92 Å². The van der Waals surface area contributed by atoms with Crippen molar-refractivity contribution in [2.45, 2.75) is 19.8 Å². The first-order valence-corrected chi connectivity index (χ1v) is 7.09. The zero-order chi connectivity index (χ0) is 16.4. The average Bonchev–Trinajstić information content (AvgIpc) is 2.54. The molecular formula is C18H20O4. The Morgan fingerprint density at radius 2 is 1.27 bits per heavy atom. The first-order chi connectivity index (χ1) is 10.5. The molecule has 116 valence electrons. The monoisotopic (exact) mass is 300 g/mol. The summed E-state index contributed by atoms with van der Waals surface area (Å²) in [5.41, 5.74) is 2.55. The lowest BCUT2D eigenvalue weighted by molar-refractivity contribution is -0.148. The summed E-state index contributed by atoms with van der Waals surface area (Å²) in [5, 5.41) is 16.6. The molecule has 0 aromatic heterocycles. The van der Waals surface area contributed by atoms with Crippen molar-refractivity contribution in [3.63, 3.8) is 0 Å². The molecule has 0 saturated heterocycles. The molecular weight excluding hydrogens is 280 g/mol. The highest BCUT2D eigenvalue weighted by Crippen LogP contribution is 2.17. The van der Waals surface area contributed by atoms with Crippen molar-refractivity contribution in [2.75, 3.05) is 0 Å². The summed E-state index contributed by atoms with van der Waals surface area (Å²) < 4.78 is 0. The zero-order valence-corrected chi connectivity index (χ0v) is 12.5. The minimum absolute atomic E-state index is 0.286. The van der Waals surface area contributed by atoms with Crippen LogP contribution in [-0.4, -0.2) is 22.2 Å². The summed E-state index contributed by atoms with van der Waals surface area (Å²) in [6.07, 6.45) is 0.0769. The van der Waals surface area contributed by atoms with Crippen LogP contribution in [0.5, 0.6) is 0 Å². The Balaban J connectivity index is 0.000000225. The Hall–Kier alpha value is -2.62. The lowest BCUT2D eigenvalue weighted by Gasteiger charge is -2.03. The second-order valence-corrected chi connectivity index (χ2v) is 4.77. The van der Waals surface area contributed by atoms with Gasteiger partial charge in [0.2, 0.25) is 0 Å². The second kappa shape index (κ2) is 9.34. The SMILES string of the molecule is CCC(CC(=O)O)C(=O)O.c1ccc(-c2ccccc2)cc1. The number of rotatable bonds is 5. The van der Waals surface area contributed by atoms with Crippen LogP contribution in [0.3, 0.4) is 0 Å². The van der Waals surface area contributed by atoms with Crippen LogP contribution in [0, 0.1) is 5.92 Å². The number of benzene rings is 2. The summed E-state index contributed by atoms with van der Waals surface area (Å²) in [5.74, 6) is -2.84. The van der Waals surface area contributed by atoms with Gasteiger partial charge in [0.15, 0.2) is 0 Å². The maximum atomic E-state index is 10.2. The van der Waals surface area contributed by atoms with Crippen LogP contribution in [-0.2, 0) is 9.59 Å². The van der Waals surface area contributed by atoms with Gasteiger partial charge in [-0.05, 0) is 17.5 Å². The van der Waals surface area contributed by atoms with E-state index in [9.17, 15) is 9.59 Å². The standard InChI is InChI=1S/C12H10.C6H10O4/c1-3-7-11(8-4-1)12-9-5-2-6-10-12;1-2-4(6(9)10)3-5(7)8/h1-10H;4H,2-3H2,1H3,(H,7,8)(H,9,10). The Morgan fingerprint density at radius 1 is 0.864 bits per heavy atom. The molecule has 0 saturated carbocycles. The lowest BCUT2D eigenvalue weighted by atomic mass is 10.0. The van der Waals surface area contributed by atoms with Crippen LogP contribution in [0.25, 0.3) is 11.1 Å². The molecule has 0 aliphatic carbocycles. The predicted octanol–water partition coefficient (Wildman–Crippen LogP) is 3.93. The van der Waals surface area contributed by atoms with Crippen LogP contribution in [0.15, 0.2) is 60.7 Å². The number of carboxylic acids is 2. The Bertz CT molecular complexity index is 541. The highest BCUT2D eigenvalue weighted by atomic mass is 16.4. The smallest absolute Gasteiger partial charge is 0.307 e. The molecule has 2 aromatic rings. The molecule has 4 heteroatoms. The van der Waals surface area contributed by atoms with Gasteiger partial charge in [-0.2, -0.15) is 0 Å². The molecule has 0 bridgehead atoms. The molecule has 0 heterocycles. The normalized spacial score (nSPS) is 11.0. The van der Waals surface area contributed by atoms with Gasteiger partial charge < -0.3 is 10.2 Å². The summed E-state index contributed by atoms with van der Waals surface area (Å²) in [4.78, 5) is 20.2. The third kappa shape index (κ3) is 6.22. The number of hydrogen-bond donors (Lipinski definition) is 2. The van der Waals surface area contributed by atoms with Gasteiger partial charge in [-0.1, -0.05) is 67.6 Å². The molecule has 2 aromatic carbocycles. The molecule has 0 aliphatic rings. The molecule has 2 N–H and O–H groups in total. The first-order valence-electron chi connectivity index (χ1n) is 7.09. The van der Waals surface area contributed by atoms with Crippen molar-refractivity contribution >= 4 is 11.9 Å². The van der Waals surface area contributed by atoms with Crippen LogP contribution < -0.4 is 0 Å². The largest absolute Gasteiger partial charge is 0.481 e. The summed E-state index contributed by atoms with van der Waals surface area (Å²) in [6, 6.07) is 20.8. The van der Waals surface area contributed by atoms with E-state index in [1.807, 2.05) is 12.1 Å². The highest BCUT2D eigenvalue weighted by molar-refractivity contribution is 5.77. The van der Waals surface area contributed by atoms with Crippen LogP contribution in [0.2, 0.25) is 0 Å².